The number of hydroxylamine groups is 3. The number of aliphatic hydroxyl groups is 1. The van der Waals surface area contributed by atoms with Gasteiger partial charge in [-0.25, -0.2) is 0 Å². The van der Waals surface area contributed by atoms with Gasteiger partial charge in [-0.3, -0.25) is 0 Å². The molecule has 0 aromatic rings. The third kappa shape index (κ3) is 3.18. The van der Waals surface area contributed by atoms with Crippen LogP contribution in [0.5, 0.6) is 0 Å². The highest BCUT2D eigenvalue weighted by Crippen LogP contribution is 2.11. The zero-order chi connectivity index (χ0) is 8.91. The molecule has 0 aromatic heterocycles. The maximum Gasteiger partial charge on any atom is 0.102 e. The topological polar surface area (TPSA) is 43.3 Å². The maximum absolute atomic E-state index is 11.8. The Morgan fingerprint density at radius 1 is 1.36 bits per heavy atom. The minimum Gasteiger partial charge on any atom is -0.633 e. The average Bonchev–Trinajstić information content (AvgIpc) is 1.88. The molecule has 3 nitrogen and oxygen atoms in total. The van der Waals surface area contributed by atoms with Gasteiger partial charge < -0.3 is 15.0 Å². The van der Waals surface area contributed by atoms with Crippen molar-refractivity contribution in [3.8, 4) is 0 Å². The Kier molecular flexibility index (Phi) is 4.65. The summed E-state index contributed by atoms with van der Waals surface area (Å²) < 4.78 is -0.257. The number of hydrogen-bond acceptors (Lipinski definition) is 2. The Balaban J connectivity index is 4.01. The molecule has 0 aliphatic carbocycles. The standard InChI is InChI=1S/C8H19NO2/c1-4-5-9(11,6-7-10)8(2)3/h8,10H,4-7H2,1-3H3. The third-order valence-electron chi connectivity index (χ3n) is 2.02. The molecule has 0 aliphatic heterocycles. The van der Waals surface area contributed by atoms with Gasteiger partial charge in [-0.2, -0.15) is 0 Å². The normalized spacial score (nSPS) is 16.9. The predicted molar refractivity (Wildman–Crippen MR) is 45.9 cm³/mol. The van der Waals surface area contributed by atoms with Crippen molar-refractivity contribution >= 4 is 0 Å². The number of hydrogen-bond donors (Lipinski definition) is 1. The van der Waals surface area contributed by atoms with Crippen LogP contribution in [0.25, 0.3) is 0 Å². The fourth-order valence-electron chi connectivity index (χ4n) is 1.18. The highest BCUT2D eigenvalue weighted by Gasteiger charge is 2.18. The lowest BCUT2D eigenvalue weighted by atomic mass is 10.3. The van der Waals surface area contributed by atoms with Crippen molar-refractivity contribution in [2.75, 3.05) is 19.7 Å². The van der Waals surface area contributed by atoms with Crippen LogP contribution in [0.3, 0.4) is 0 Å². The van der Waals surface area contributed by atoms with E-state index in [1.807, 2.05) is 20.8 Å². The van der Waals surface area contributed by atoms with Crippen LogP contribution in [0.4, 0.5) is 0 Å². The van der Waals surface area contributed by atoms with Gasteiger partial charge in [0.25, 0.3) is 0 Å². The molecule has 0 bridgehead atoms. The molecule has 68 valence electrons. The molecule has 1 N–H and O–H groups in total. The summed E-state index contributed by atoms with van der Waals surface area (Å²) in [6, 6.07) is 0.0575. The number of quaternary nitrogens is 1. The van der Waals surface area contributed by atoms with E-state index in [0.717, 1.165) is 6.42 Å². The van der Waals surface area contributed by atoms with E-state index >= 15 is 0 Å². The van der Waals surface area contributed by atoms with Crippen LogP contribution in [0.2, 0.25) is 0 Å². The molecular weight excluding hydrogens is 142 g/mol. The monoisotopic (exact) mass is 161 g/mol. The van der Waals surface area contributed by atoms with E-state index in [2.05, 4.69) is 0 Å². The summed E-state index contributed by atoms with van der Waals surface area (Å²) in [6.45, 7) is 6.71. The zero-order valence-electron chi connectivity index (χ0n) is 7.71. The number of aliphatic hydroxyl groups excluding tert-OH is 1. The Morgan fingerprint density at radius 3 is 2.18 bits per heavy atom. The van der Waals surface area contributed by atoms with Crippen LogP contribution in [-0.2, 0) is 0 Å². The molecule has 0 saturated carbocycles. The Bertz CT molecular complexity index is 98.3. The smallest absolute Gasteiger partial charge is 0.102 e. The van der Waals surface area contributed by atoms with Crippen LogP contribution in [-0.4, -0.2) is 35.5 Å². The summed E-state index contributed by atoms with van der Waals surface area (Å²) in [5.41, 5.74) is 0. The number of nitrogens with zero attached hydrogens (tertiary/aromatic N) is 1. The summed E-state index contributed by atoms with van der Waals surface area (Å²) in [6.07, 6.45) is 0.877. The first-order valence-corrected chi connectivity index (χ1v) is 4.25. The molecule has 1 atom stereocenters. The second kappa shape index (κ2) is 4.70. The minimum atomic E-state index is -0.257. The predicted octanol–water partition coefficient (Wildman–Crippen LogP) is 1.11. The second-order valence-corrected chi connectivity index (χ2v) is 3.22. The number of rotatable bonds is 5. The van der Waals surface area contributed by atoms with Crippen LogP contribution in [0.1, 0.15) is 27.2 Å². The fraction of sp³-hybridized carbons (Fsp3) is 1.00. The van der Waals surface area contributed by atoms with Crippen molar-refractivity contribution in [1.29, 1.82) is 0 Å². The van der Waals surface area contributed by atoms with Crippen molar-refractivity contribution in [2.45, 2.75) is 33.2 Å². The molecule has 0 heterocycles. The van der Waals surface area contributed by atoms with E-state index in [9.17, 15) is 5.21 Å². The van der Waals surface area contributed by atoms with Crippen molar-refractivity contribution in [3.63, 3.8) is 0 Å². The van der Waals surface area contributed by atoms with Gasteiger partial charge in [0, 0.05) is 0 Å². The first-order valence-electron chi connectivity index (χ1n) is 4.25. The first-order chi connectivity index (χ1) is 5.06. The summed E-state index contributed by atoms with van der Waals surface area (Å²) in [5.74, 6) is 0. The van der Waals surface area contributed by atoms with Crippen molar-refractivity contribution in [3.05, 3.63) is 5.21 Å². The molecule has 11 heavy (non-hydrogen) atoms. The lowest BCUT2D eigenvalue weighted by molar-refractivity contribution is -0.901. The Morgan fingerprint density at radius 2 is 1.91 bits per heavy atom. The largest absolute Gasteiger partial charge is 0.633 e. The van der Waals surface area contributed by atoms with Crippen molar-refractivity contribution in [2.24, 2.45) is 0 Å². The Labute approximate surface area is 68.8 Å². The third-order valence-corrected chi connectivity index (χ3v) is 2.02. The van der Waals surface area contributed by atoms with Crippen LogP contribution in [0, 0.1) is 5.21 Å². The van der Waals surface area contributed by atoms with Gasteiger partial charge in [-0.1, -0.05) is 6.92 Å². The van der Waals surface area contributed by atoms with Gasteiger partial charge in [0.1, 0.15) is 6.54 Å². The molecule has 0 aromatic carbocycles. The maximum atomic E-state index is 11.8. The lowest BCUT2D eigenvalue weighted by Crippen LogP contribution is -2.50. The van der Waals surface area contributed by atoms with E-state index in [0.29, 0.717) is 13.1 Å². The van der Waals surface area contributed by atoms with E-state index in [1.165, 1.54) is 0 Å². The summed E-state index contributed by atoms with van der Waals surface area (Å²) >= 11 is 0. The second-order valence-electron chi connectivity index (χ2n) is 3.22. The van der Waals surface area contributed by atoms with Crippen molar-refractivity contribution < 1.29 is 9.75 Å². The SMILES string of the molecule is CCC[N+]([O-])(CCO)C(C)C. The molecule has 0 aliphatic rings. The van der Waals surface area contributed by atoms with Gasteiger partial charge in [0.05, 0.1) is 19.2 Å². The van der Waals surface area contributed by atoms with Crippen LogP contribution >= 0.6 is 0 Å². The van der Waals surface area contributed by atoms with Crippen LogP contribution in [0.15, 0.2) is 0 Å². The molecular formula is C8H19NO2. The molecule has 0 radical (unpaired) electrons. The minimum absolute atomic E-state index is 0.0122. The molecule has 1 unspecified atom stereocenters. The molecule has 0 fully saturated rings. The van der Waals surface area contributed by atoms with Gasteiger partial charge in [-0.05, 0) is 20.3 Å². The highest BCUT2D eigenvalue weighted by molar-refractivity contribution is 4.48. The van der Waals surface area contributed by atoms with Gasteiger partial charge in [0.2, 0.25) is 0 Å². The van der Waals surface area contributed by atoms with E-state index in [1.54, 1.807) is 0 Å². The molecule has 0 rings (SSSR count). The lowest BCUT2D eigenvalue weighted by Gasteiger charge is -2.46. The van der Waals surface area contributed by atoms with Crippen LogP contribution < -0.4 is 0 Å². The quantitative estimate of drug-likeness (QED) is 0.485. The van der Waals surface area contributed by atoms with E-state index in [4.69, 9.17) is 5.11 Å². The summed E-state index contributed by atoms with van der Waals surface area (Å²) in [5, 5.41) is 20.4. The fourth-order valence-corrected chi connectivity index (χ4v) is 1.18. The molecule has 0 amide bonds. The van der Waals surface area contributed by atoms with Gasteiger partial charge >= 0.3 is 0 Å². The van der Waals surface area contributed by atoms with Gasteiger partial charge in [-0.15, -0.1) is 0 Å². The van der Waals surface area contributed by atoms with E-state index in [-0.39, 0.29) is 17.3 Å². The van der Waals surface area contributed by atoms with Gasteiger partial charge in [0.15, 0.2) is 0 Å². The average molecular weight is 161 g/mol. The molecule has 0 saturated heterocycles. The molecule has 3 heteroatoms. The highest BCUT2D eigenvalue weighted by atomic mass is 16.5. The summed E-state index contributed by atoms with van der Waals surface area (Å²) in [7, 11) is 0. The van der Waals surface area contributed by atoms with E-state index < -0.39 is 0 Å². The summed E-state index contributed by atoms with van der Waals surface area (Å²) in [4.78, 5) is 0. The Hall–Kier alpha value is -0.120. The first kappa shape index (κ1) is 10.9. The molecule has 0 spiro atoms. The zero-order valence-corrected chi connectivity index (χ0v) is 7.71. The van der Waals surface area contributed by atoms with Crippen molar-refractivity contribution in [1.82, 2.24) is 0 Å².